The molecule has 1 amide bonds. The minimum Gasteiger partial charge on any atom is -0.370 e. The van der Waals surface area contributed by atoms with Crippen molar-refractivity contribution in [2.75, 3.05) is 0 Å². The molecule has 0 saturated carbocycles. The predicted molar refractivity (Wildman–Crippen MR) is 37.1 cm³/mol. The summed E-state index contributed by atoms with van der Waals surface area (Å²) in [6.45, 7) is 1.37. The molecule has 1 atom stereocenters. The SMILES string of the molecule is [2H]NC(CCC(N)=O)C(C)=O. The topological polar surface area (TPSA) is 86.2 Å². The summed E-state index contributed by atoms with van der Waals surface area (Å²) < 4.78 is 6.71. The highest BCUT2D eigenvalue weighted by Crippen LogP contribution is 1.93. The van der Waals surface area contributed by atoms with Crippen molar-refractivity contribution >= 4 is 11.7 Å². The molecule has 0 spiro atoms. The number of carbonyl (C=O) groups excluding carboxylic acids is 2. The van der Waals surface area contributed by atoms with E-state index in [0.29, 0.717) is 6.42 Å². The molecule has 0 fully saturated rings. The Kier molecular flexibility index (Phi) is 2.89. The number of hydrogen-bond donors (Lipinski definition) is 2. The molecular formula is C6H12N2O2. The smallest absolute Gasteiger partial charge is 0.217 e. The molecule has 4 heteroatoms. The van der Waals surface area contributed by atoms with Gasteiger partial charge in [-0.2, -0.15) is 0 Å². The lowest BCUT2D eigenvalue weighted by Gasteiger charge is -2.03. The van der Waals surface area contributed by atoms with Crippen LogP contribution in [0, 0.1) is 0 Å². The lowest BCUT2D eigenvalue weighted by molar-refractivity contribution is -0.119. The monoisotopic (exact) mass is 145 g/mol. The van der Waals surface area contributed by atoms with Crippen LogP contribution in [0.5, 0.6) is 0 Å². The second-order valence-corrected chi connectivity index (χ2v) is 2.17. The van der Waals surface area contributed by atoms with Gasteiger partial charge in [0, 0.05) is 6.42 Å². The molecule has 0 aliphatic heterocycles. The fraction of sp³-hybridized carbons (Fsp3) is 0.667. The Labute approximate surface area is 61.0 Å². The Balaban J connectivity index is 3.70. The van der Waals surface area contributed by atoms with Crippen LogP contribution in [0.1, 0.15) is 19.8 Å². The molecule has 0 rings (SSSR count). The summed E-state index contributed by atoms with van der Waals surface area (Å²) in [6.07, 6.45) is 0.435. The molecule has 0 heterocycles. The number of Topliss-reactive ketones (excluding diaryl/α,β-unsaturated/α-hetero) is 1. The van der Waals surface area contributed by atoms with E-state index < -0.39 is 11.9 Å². The molecule has 10 heavy (non-hydrogen) atoms. The van der Waals surface area contributed by atoms with Crippen LogP contribution in [0.2, 0.25) is 1.41 Å². The van der Waals surface area contributed by atoms with Gasteiger partial charge in [-0.05, 0) is 13.3 Å². The lowest BCUT2D eigenvalue weighted by atomic mass is 10.1. The third-order valence-electron chi connectivity index (χ3n) is 1.17. The molecule has 0 aromatic carbocycles. The molecule has 0 saturated heterocycles. The summed E-state index contributed by atoms with van der Waals surface area (Å²) in [6, 6.07) is -0.567. The molecule has 4 N–H and O–H groups in total. The van der Waals surface area contributed by atoms with E-state index >= 15 is 0 Å². The van der Waals surface area contributed by atoms with Crippen LogP contribution in [0.25, 0.3) is 0 Å². The zero-order valence-electron chi connectivity index (χ0n) is 6.89. The number of nitrogens with two attached hydrogens (primary N) is 2. The molecule has 0 aliphatic carbocycles. The van der Waals surface area contributed by atoms with Crippen LogP contribution in [0.3, 0.4) is 0 Å². The van der Waals surface area contributed by atoms with Crippen molar-refractivity contribution in [2.24, 2.45) is 11.5 Å². The first-order chi connectivity index (χ1) is 5.07. The Hall–Kier alpha value is -0.900. The number of hydrogen-bond acceptors (Lipinski definition) is 3. The lowest BCUT2D eigenvalue weighted by Crippen LogP contribution is -2.29. The summed E-state index contributed by atoms with van der Waals surface area (Å²) in [5.74, 6) is -0.604. The van der Waals surface area contributed by atoms with Gasteiger partial charge < -0.3 is 11.5 Å². The summed E-state index contributed by atoms with van der Waals surface area (Å²) in [7, 11) is 0. The highest BCUT2D eigenvalue weighted by Gasteiger charge is 2.08. The molecular weight excluding hydrogens is 132 g/mol. The molecule has 1 unspecified atom stereocenters. The maximum atomic E-state index is 10.7. The average molecular weight is 145 g/mol. The van der Waals surface area contributed by atoms with Crippen molar-refractivity contribution in [2.45, 2.75) is 25.8 Å². The van der Waals surface area contributed by atoms with Crippen molar-refractivity contribution in [1.29, 1.82) is 0 Å². The second-order valence-electron chi connectivity index (χ2n) is 2.17. The summed E-state index contributed by atoms with van der Waals surface area (Å²) in [4.78, 5) is 20.9. The molecule has 0 bridgehead atoms. The van der Waals surface area contributed by atoms with Gasteiger partial charge in [-0.1, -0.05) is 0 Å². The fourth-order valence-electron chi connectivity index (χ4n) is 0.490. The van der Waals surface area contributed by atoms with Crippen molar-refractivity contribution in [3.05, 3.63) is 0 Å². The maximum absolute atomic E-state index is 10.7. The Bertz CT molecular complexity index is 161. The number of rotatable bonds is 5. The second kappa shape index (κ2) is 4.00. The minimum atomic E-state index is -0.567. The molecule has 0 radical (unpaired) electrons. The average Bonchev–Trinajstić information content (AvgIpc) is 1.87. The van der Waals surface area contributed by atoms with Crippen molar-refractivity contribution < 1.29 is 11.0 Å². The quantitative estimate of drug-likeness (QED) is 0.529. The zero-order valence-corrected chi connectivity index (χ0v) is 5.89. The molecule has 0 aromatic rings. The molecule has 4 nitrogen and oxygen atoms in total. The van der Waals surface area contributed by atoms with E-state index in [1.807, 2.05) is 5.73 Å². The number of ketones is 1. The Morgan fingerprint density at radius 2 is 2.30 bits per heavy atom. The Morgan fingerprint density at radius 3 is 2.60 bits per heavy atom. The summed E-state index contributed by atoms with van der Waals surface area (Å²) >= 11 is 0. The third kappa shape index (κ3) is 4.03. The van der Waals surface area contributed by atoms with Crippen LogP contribution in [-0.4, -0.2) is 17.7 Å². The molecule has 58 valence electrons. The minimum absolute atomic E-state index is 0.135. The summed E-state index contributed by atoms with van der Waals surface area (Å²) in [5.41, 5.74) is 6.91. The van der Waals surface area contributed by atoms with E-state index in [2.05, 4.69) is 0 Å². The van der Waals surface area contributed by atoms with Crippen molar-refractivity contribution in [3.63, 3.8) is 0 Å². The Morgan fingerprint density at radius 1 is 1.70 bits per heavy atom. The number of amides is 1. The summed E-state index contributed by atoms with van der Waals surface area (Å²) in [5, 5.41) is 0. The van der Waals surface area contributed by atoms with Crippen molar-refractivity contribution in [3.8, 4) is 0 Å². The largest absolute Gasteiger partial charge is 0.370 e. The fourth-order valence-corrected chi connectivity index (χ4v) is 0.490. The van der Waals surface area contributed by atoms with E-state index in [-0.39, 0.29) is 12.2 Å². The molecule has 0 aliphatic rings. The first-order valence-electron chi connectivity index (χ1n) is 3.54. The first kappa shape index (κ1) is 7.21. The first-order valence-corrected chi connectivity index (χ1v) is 3.04. The normalized spacial score (nSPS) is 13.9. The van der Waals surface area contributed by atoms with Gasteiger partial charge in [-0.15, -0.1) is 0 Å². The number of primary amides is 1. The third-order valence-corrected chi connectivity index (χ3v) is 1.17. The van der Waals surface area contributed by atoms with Crippen LogP contribution in [0.15, 0.2) is 0 Å². The highest BCUT2D eigenvalue weighted by atomic mass is 16.1. The highest BCUT2D eigenvalue weighted by molar-refractivity contribution is 5.82. The van der Waals surface area contributed by atoms with E-state index in [1.54, 1.807) is 0 Å². The van der Waals surface area contributed by atoms with Gasteiger partial charge in [0.25, 0.3) is 0 Å². The zero-order chi connectivity index (χ0) is 8.85. The van der Waals surface area contributed by atoms with Gasteiger partial charge in [0.05, 0.1) is 6.04 Å². The predicted octanol–water partition coefficient (Wildman–Crippen LogP) is -0.832. The van der Waals surface area contributed by atoms with Gasteiger partial charge in [0.15, 0.2) is 0 Å². The van der Waals surface area contributed by atoms with Gasteiger partial charge in [0.1, 0.15) is 7.20 Å². The van der Waals surface area contributed by atoms with E-state index in [4.69, 9.17) is 7.15 Å². The van der Waals surface area contributed by atoms with E-state index in [1.165, 1.54) is 6.92 Å². The number of carbonyl (C=O) groups is 2. The van der Waals surface area contributed by atoms with Gasteiger partial charge in [-0.25, -0.2) is 0 Å². The standard InChI is InChI=1S/C6H12N2O2/c1-4(9)5(7)2-3-6(8)10/h5H,2-3,7H2,1H3,(H2,8,10)/i/hD. The van der Waals surface area contributed by atoms with Crippen molar-refractivity contribution in [1.82, 2.24) is 0 Å². The van der Waals surface area contributed by atoms with Crippen LogP contribution < -0.4 is 11.5 Å². The maximum Gasteiger partial charge on any atom is 0.217 e. The van der Waals surface area contributed by atoms with Crippen LogP contribution >= 0.6 is 0 Å². The van der Waals surface area contributed by atoms with Gasteiger partial charge in [0.2, 0.25) is 5.91 Å². The van der Waals surface area contributed by atoms with E-state index in [0.717, 1.165) is 0 Å². The van der Waals surface area contributed by atoms with Crippen LogP contribution in [-0.2, 0) is 9.59 Å². The van der Waals surface area contributed by atoms with Gasteiger partial charge in [-0.3, -0.25) is 9.59 Å². The van der Waals surface area contributed by atoms with Crippen LogP contribution in [0.4, 0.5) is 0 Å². The molecule has 0 aromatic heterocycles. The van der Waals surface area contributed by atoms with Gasteiger partial charge >= 0.3 is 0 Å². The van der Waals surface area contributed by atoms with E-state index in [9.17, 15) is 9.59 Å².